The molecule has 0 radical (unpaired) electrons. The monoisotopic (exact) mass is 697 g/mol. The predicted octanol–water partition coefficient (Wildman–Crippen LogP) is 9.43. The van der Waals surface area contributed by atoms with E-state index in [1.165, 1.54) is 103 Å². The zero-order chi connectivity index (χ0) is 34.7. The highest BCUT2D eigenvalue weighted by molar-refractivity contribution is 8.00. The summed E-state index contributed by atoms with van der Waals surface area (Å²) in [6.45, 7) is 22.3. The van der Waals surface area contributed by atoms with Crippen LogP contribution in [-0.2, 0) is 0 Å². The topological polar surface area (TPSA) is 113 Å². The molecule has 0 saturated heterocycles. The Balaban J connectivity index is 3.12. The number of thioether (sulfide) groups is 2. The van der Waals surface area contributed by atoms with Gasteiger partial charge in [-0.3, -0.25) is 21.3 Å². The second kappa shape index (κ2) is 29.1. The van der Waals surface area contributed by atoms with Crippen LogP contribution in [0.1, 0.15) is 158 Å². The highest BCUT2D eigenvalue weighted by Gasteiger charge is 2.20. The van der Waals surface area contributed by atoms with Crippen molar-refractivity contribution in [3.63, 3.8) is 0 Å². The standard InChI is InChI=1S/C37H76N8S2/c1-9-17-21-29(13-5)25-39-34(40-26-30(14-6)22-18-10-2)46-36-43-33(38)44-37(45-36)47-35(41-27-31(15-7)23-19-11-3)42-28-32(16-8)24-20-12-4/h29-32,34-35,39-42H,9-28H2,1-8H3,(H2,38,43,44,45). The Hall–Kier alpha value is -0.650. The Bertz CT molecular complexity index is 759. The van der Waals surface area contributed by atoms with Gasteiger partial charge in [-0.2, -0.15) is 15.0 Å². The molecular weight excluding hydrogens is 621 g/mol. The molecule has 1 rings (SSSR count). The second-order valence-corrected chi connectivity index (χ2v) is 15.7. The van der Waals surface area contributed by atoms with Gasteiger partial charge in [-0.1, -0.05) is 156 Å². The number of nitrogens with zero attached hydrogens (tertiary/aromatic N) is 3. The molecule has 1 aromatic rings. The zero-order valence-electron chi connectivity index (χ0n) is 31.8. The van der Waals surface area contributed by atoms with Gasteiger partial charge in [-0.05, 0) is 49.4 Å². The number of anilines is 1. The van der Waals surface area contributed by atoms with E-state index in [-0.39, 0.29) is 16.9 Å². The number of nitrogens with one attached hydrogen (secondary N) is 4. The van der Waals surface area contributed by atoms with Crippen molar-refractivity contribution in [2.24, 2.45) is 23.7 Å². The van der Waals surface area contributed by atoms with Gasteiger partial charge in [-0.15, -0.1) is 0 Å². The third kappa shape index (κ3) is 21.2. The molecule has 10 heteroatoms. The number of nitrogen functional groups attached to an aromatic ring is 1. The summed E-state index contributed by atoms with van der Waals surface area (Å²) in [6, 6.07) is 0. The van der Waals surface area contributed by atoms with Gasteiger partial charge in [0, 0.05) is 26.2 Å². The van der Waals surface area contributed by atoms with Crippen LogP contribution in [0.3, 0.4) is 0 Å². The highest BCUT2D eigenvalue weighted by atomic mass is 32.2. The molecule has 0 bridgehead atoms. The summed E-state index contributed by atoms with van der Waals surface area (Å²) in [6.07, 6.45) is 19.9. The first kappa shape index (κ1) is 44.4. The van der Waals surface area contributed by atoms with Crippen molar-refractivity contribution in [1.29, 1.82) is 0 Å². The lowest BCUT2D eigenvalue weighted by Gasteiger charge is -2.26. The lowest BCUT2D eigenvalue weighted by Crippen LogP contribution is -2.44. The normalized spacial score (nSPS) is 15.7. The van der Waals surface area contributed by atoms with Crippen LogP contribution in [0.2, 0.25) is 0 Å². The SMILES string of the molecule is CCCCC(CC)CNC(NCC(CC)CCCC)Sc1nc(N)nc(SC(NCC(CC)CCCC)NCC(CC)CCCC)n1. The van der Waals surface area contributed by atoms with Crippen molar-refractivity contribution in [3.8, 4) is 0 Å². The third-order valence-corrected chi connectivity index (χ3v) is 11.5. The molecule has 1 aromatic heterocycles. The minimum Gasteiger partial charge on any atom is -0.368 e. The van der Waals surface area contributed by atoms with E-state index in [0.717, 1.165) is 26.2 Å². The Kier molecular flexibility index (Phi) is 27.5. The van der Waals surface area contributed by atoms with Crippen molar-refractivity contribution < 1.29 is 0 Å². The van der Waals surface area contributed by atoms with Gasteiger partial charge in [0.15, 0.2) is 10.3 Å². The van der Waals surface area contributed by atoms with E-state index < -0.39 is 0 Å². The molecule has 4 unspecified atom stereocenters. The first-order chi connectivity index (χ1) is 22.8. The number of aromatic nitrogens is 3. The van der Waals surface area contributed by atoms with Crippen LogP contribution in [0.15, 0.2) is 10.3 Å². The molecule has 0 amide bonds. The predicted molar refractivity (Wildman–Crippen MR) is 209 cm³/mol. The van der Waals surface area contributed by atoms with E-state index in [2.05, 4.69) is 86.6 Å². The molecule has 0 saturated carbocycles. The summed E-state index contributed by atoms with van der Waals surface area (Å²) in [7, 11) is 0. The summed E-state index contributed by atoms with van der Waals surface area (Å²) < 4.78 is 0. The van der Waals surface area contributed by atoms with Crippen molar-refractivity contribution in [3.05, 3.63) is 0 Å². The minimum atomic E-state index is 0.0146. The highest BCUT2D eigenvalue weighted by Crippen LogP contribution is 2.25. The molecule has 0 aliphatic heterocycles. The van der Waals surface area contributed by atoms with E-state index in [4.69, 9.17) is 10.7 Å². The maximum absolute atomic E-state index is 6.33. The van der Waals surface area contributed by atoms with Crippen molar-refractivity contribution in [2.45, 2.75) is 179 Å². The van der Waals surface area contributed by atoms with E-state index in [9.17, 15) is 0 Å². The molecule has 8 nitrogen and oxygen atoms in total. The molecule has 0 aliphatic carbocycles. The van der Waals surface area contributed by atoms with Crippen molar-refractivity contribution in [1.82, 2.24) is 36.2 Å². The fourth-order valence-electron chi connectivity index (χ4n) is 5.85. The van der Waals surface area contributed by atoms with Gasteiger partial charge in [0.25, 0.3) is 0 Å². The number of unbranched alkanes of at least 4 members (excludes halogenated alkanes) is 4. The molecule has 0 aromatic carbocycles. The molecule has 1 heterocycles. The number of hydrogen-bond donors (Lipinski definition) is 5. The Morgan fingerprint density at radius 2 is 0.745 bits per heavy atom. The molecule has 0 aliphatic rings. The van der Waals surface area contributed by atoms with Crippen LogP contribution in [0.25, 0.3) is 0 Å². The van der Waals surface area contributed by atoms with Crippen LogP contribution in [0, 0.1) is 23.7 Å². The fraction of sp³-hybridized carbons (Fsp3) is 0.919. The maximum atomic E-state index is 6.33. The van der Waals surface area contributed by atoms with Crippen LogP contribution < -0.4 is 27.0 Å². The summed E-state index contributed by atoms with van der Waals surface area (Å²) in [5, 5.41) is 16.7. The molecular formula is C37H76N8S2. The molecule has 0 spiro atoms. The van der Waals surface area contributed by atoms with Crippen molar-refractivity contribution >= 4 is 29.5 Å². The average molecular weight is 697 g/mol. The molecule has 47 heavy (non-hydrogen) atoms. The maximum Gasteiger partial charge on any atom is 0.225 e. The van der Waals surface area contributed by atoms with E-state index in [0.29, 0.717) is 34.0 Å². The zero-order valence-corrected chi connectivity index (χ0v) is 33.5. The Morgan fingerprint density at radius 1 is 0.468 bits per heavy atom. The minimum absolute atomic E-state index is 0.0146. The second-order valence-electron chi connectivity index (χ2n) is 13.6. The van der Waals surface area contributed by atoms with Crippen LogP contribution in [0.5, 0.6) is 0 Å². The lowest BCUT2D eigenvalue weighted by atomic mass is 9.99. The fourth-order valence-corrected chi connectivity index (χ4v) is 7.62. The molecule has 0 fully saturated rings. The molecule has 276 valence electrons. The van der Waals surface area contributed by atoms with Crippen LogP contribution in [-0.4, -0.2) is 52.1 Å². The van der Waals surface area contributed by atoms with Gasteiger partial charge in [-0.25, -0.2) is 0 Å². The first-order valence-corrected chi connectivity index (χ1v) is 21.4. The molecule has 4 atom stereocenters. The van der Waals surface area contributed by atoms with Crippen molar-refractivity contribution in [2.75, 3.05) is 31.9 Å². The number of rotatable bonds is 32. The number of nitrogens with two attached hydrogens (primary N) is 1. The first-order valence-electron chi connectivity index (χ1n) is 19.6. The van der Waals surface area contributed by atoms with E-state index in [1.807, 2.05) is 0 Å². The number of hydrogen-bond acceptors (Lipinski definition) is 10. The average Bonchev–Trinajstić information content (AvgIpc) is 3.07. The van der Waals surface area contributed by atoms with E-state index >= 15 is 0 Å². The Morgan fingerprint density at radius 3 is 0.979 bits per heavy atom. The summed E-state index contributed by atoms with van der Waals surface area (Å²) >= 11 is 3.28. The van der Waals surface area contributed by atoms with Gasteiger partial charge in [0.05, 0.1) is 0 Å². The summed E-state index contributed by atoms with van der Waals surface area (Å²) in [5.41, 5.74) is 6.36. The smallest absolute Gasteiger partial charge is 0.225 e. The van der Waals surface area contributed by atoms with Gasteiger partial charge < -0.3 is 5.73 Å². The third-order valence-electron chi connectivity index (χ3n) is 9.60. The largest absolute Gasteiger partial charge is 0.368 e. The Labute approximate surface area is 299 Å². The van der Waals surface area contributed by atoms with Gasteiger partial charge in [0.2, 0.25) is 5.95 Å². The molecule has 6 N–H and O–H groups in total. The lowest BCUT2D eigenvalue weighted by molar-refractivity contribution is 0.370. The summed E-state index contributed by atoms with van der Waals surface area (Å²) in [5.74, 6) is 2.96. The quantitative estimate of drug-likeness (QED) is 0.0369. The van der Waals surface area contributed by atoms with E-state index in [1.54, 1.807) is 23.5 Å². The van der Waals surface area contributed by atoms with Crippen LogP contribution in [0.4, 0.5) is 5.95 Å². The summed E-state index contributed by atoms with van der Waals surface area (Å²) in [4.78, 5) is 14.2. The van der Waals surface area contributed by atoms with Crippen LogP contribution >= 0.6 is 23.5 Å². The van der Waals surface area contributed by atoms with Gasteiger partial charge in [0.1, 0.15) is 11.0 Å². The van der Waals surface area contributed by atoms with Gasteiger partial charge >= 0.3 is 0 Å².